The van der Waals surface area contributed by atoms with Gasteiger partial charge in [-0.25, -0.2) is 8.78 Å². The van der Waals surface area contributed by atoms with Gasteiger partial charge in [0.25, 0.3) is 0 Å². The van der Waals surface area contributed by atoms with E-state index in [-0.39, 0.29) is 5.56 Å². The summed E-state index contributed by atoms with van der Waals surface area (Å²) >= 11 is 0. The maximum atomic E-state index is 13.7. The Kier molecular flexibility index (Phi) is 3.10. The minimum atomic E-state index is -0.409. The van der Waals surface area contributed by atoms with Gasteiger partial charge in [-0.05, 0) is 43.7 Å². The van der Waals surface area contributed by atoms with E-state index in [1.807, 2.05) is 0 Å². The Bertz CT molecular complexity index is 412. The molecule has 3 heteroatoms. The molecule has 0 aromatic heterocycles. The Hall–Kier alpha value is -0.960. The number of benzene rings is 1. The van der Waals surface area contributed by atoms with Gasteiger partial charge in [0.1, 0.15) is 11.6 Å². The first-order valence-corrected chi connectivity index (χ1v) is 6.84. The number of fused-ring (bicyclic) bond motifs is 2. The molecule has 2 saturated heterocycles. The molecule has 2 bridgehead atoms. The van der Waals surface area contributed by atoms with Gasteiger partial charge in [-0.15, -0.1) is 0 Å². The summed E-state index contributed by atoms with van der Waals surface area (Å²) in [6.45, 7) is 2.72. The Labute approximate surface area is 107 Å². The van der Waals surface area contributed by atoms with E-state index in [2.05, 4.69) is 11.8 Å². The normalized spacial score (nSPS) is 31.8. The van der Waals surface area contributed by atoms with Crippen LogP contribution in [0.2, 0.25) is 0 Å². The Morgan fingerprint density at radius 1 is 1.11 bits per heavy atom. The number of hydrogen-bond donors (Lipinski definition) is 0. The fourth-order valence-corrected chi connectivity index (χ4v) is 3.67. The molecule has 1 nitrogen and oxygen atoms in total. The molecule has 2 unspecified atom stereocenters. The number of rotatable bonds is 2. The molecule has 1 aromatic rings. The fourth-order valence-electron chi connectivity index (χ4n) is 3.67. The van der Waals surface area contributed by atoms with Crippen LogP contribution in [0.1, 0.15) is 38.2 Å². The van der Waals surface area contributed by atoms with Crippen LogP contribution in [0.25, 0.3) is 0 Å². The van der Waals surface area contributed by atoms with E-state index in [4.69, 9.17) is 0 Å². The molecule has 3 rings (SSSR count). The van der Waals surface area contributed by atoms with Crippen LogP contribution in [0, 0.1) is 17.6 Å². The largest absolute Gasteiger partial charge is 0.293 e. The van der Waals surface area contributed by atoms with Gasteiger partial charge in [-0.1, -0.05) is 13.0 Å². The van der Waals surface area contributed by atoms with Crippen LogP contribution in [0.4, 0.5) is 8.78 Å². The second kappa shape index (κ2) is 4.61. The van der Waals surface area contributed by atoms with Gasteiger partial charge in [0, 0.05) is 24.2 Å². The second-order valence-corrected chi connectivity index (χ2v) is 5.83. The minimum Gasteiger partial charge on any atom is -0.293 e. The van der Waals surface area contributed by atoms with Crippen LogP contribution in [-0.4, -0.2) is 17.0 Å². The fraction of sp³-hybridized carbons (Fsp3) is 0.600. The highest BCUT2D eigenvalue weighted by Gasteiger charge is 2.39. The molecule has 0 saturated carbocycles. The van der Waals surface area contributed by atoms with Crippen molar-refractivity contribution in [2.45, 2.75) is 51.2 Å². The van der Waals surface area contributed by atoms with Gasteiger partial charge in [0.15, 0.2) is 0 Å². The van der Waals surface area contributed by atoms with Crippen LogP contribution >= 0.6 is 0 Å². The molecule has 2 aliphatic rings. The standard InChI is InChI=1S/C15H19F2N/c1-10-7-11-5-6-12(8-10)18(11)9-13-14(16)3-2-4-15(13)17/h2-4,10-12H,5-9H2,1H3. The van der Waals surface area contributed by atoms with Crippen LogP contribution in [0.5, 0.6) is 0 Å². The summed E-state index contributed by atoms with van der Waals surface area (Å²) in [5.74, 6) is -0.0646. The van der Waals surface area contributed by atoms with Crippen LogP contribution < -0.4 is 0 Å². The van der Waals surface area contributed by atoms with E-state index in [0.29, 0.717) is 18.6 Å². The Balaban J connectivity index is 1.81. The second-order valence-electron chi connectivity index (χ2n) is 5.83. The zero-order valence-corrected chi connectivity index (χ0v) is 10.7. The topological polar surface area (TPSA) is 3.24 Å². The monoisotopic (exact) mass is 251 g/mol. The number of piperidine rings is 1. The van der Waals surface area contributed by atoms with Gasteiger partial charge in [-0.3, -0.25) is 4.90 Å². The molecule has 2 heterocycles. The number of halogens is 2. The highest BCUT2D eigenvalue weighted by Crippen LogP contribution is 2.39. The molecule has 2 atom stereocenters. The van der Waals surface area contributed by atoms with Crippen molar-refractivity contribution in [2.24, 2.45) is 5.92 Å². The zero-order valence-electron chi connectivity index (χ0n) is 10.7. The molecule has 2 aliphatic heterocycles. The quantitative estimate of drug-likeness (QED) is 0.774. The van der Waals surface area contributed by atoms with E-state index >= 15 is 0 Å². The van der Waals surface area contributed by atoms with Gasteiger partial charge in [0.05, 0.1) is 0 Å². The first kappa shape index (κ1) is 12.1. The van der Waals surface area contributed by atoms with E-state index in [1.54, 1.807) is 0 Å². The van der Waals surface area contributed by atoms with Crippen molar-refractivity contribution in [3.8, 4) is 0 Å². The lowest BCUT2D eigenvalue weighted by Crippen LogP contribution is -2.42. The summed E-state index contributed by atoms with van der Waals surface area (Å²) in [6.07, 6.45) is 4.72. The lowest BCUT2D eigenvalue weighted by atomic mass is 9.92. The molecule has 98 valence electrons. The summed E-state index contributed by atoms with van der Waals surface area (Å²) in [7, 11) is 0. The third kappa shape index (κ3) is 2.05. The van der Waals surface area contributed by atoms with E-state index in [0.717, 1.165) is 5.92 Å². The van der Waals surface area contributed by atoms with Crippen LogP contribution in [0.15, 0.2) is 18.2 Å². The smallest absolute Gasteiger partial charge is 0.130 e. The molecular formula is C15H19F2N. The molecular weight excluding hydrogens is 232 g/mol. The molecule has 1 aromatic carbocycles. The molecule has 0 N–H and O–H groups in total. The third-order valence-corrected chi connectivity index (χ3v) is 4.52. The van der Waals surface area contributed by atoms with Crippen molar-refractivity contribution in [3.63, 3.8) is 0 Å². The third-order valence-electron chi connectivity index (χ3n) is 4.52. The molecule has 0 aliphatic carbocycles. The average Bonchev–Trinajstić information content (AvgIpc) is 2.56. The highest BCUT2D eigenvalue weighted by atomic mass is 19.1. The van der Waals surface area contributed by atoms with Crippen LogP contribution in [-0.2, 0) is 6.54 Å². The first-order chi connectivity index (χ1) is 8.65. The maximum Gasteiger partial charge on any atom is 0.130 e. The van der Waals surface area contributed by atoms with Gasteiger partial charge < -0.3 is 0 Å². The summed E-state index contributed by atoms with van der Waals surface area (Å²) < 4.78 is 27.4. The zero-order chi connectivity index (χ0) is 12.7. The predicted molar refractivity (Wildman–Crippen MR) is 67.1 cm³/mol. The van der Waals surface area contributed by atoms with E-state index in [1.165, 1.54) is 43.9 Å². The van der Waals surface area contributed by atoms with E-state index < -0.39 is 11.6 Å². The minimum absolute atomic E-state index is 0.240. The lowest BCUT2D eigenvalue weighted by molar-refractivity contribution is 0.0996. The van der Waals surface area contributed by atoms with Crippen molar-refractivity contribution in [2.75, 3.05) is 0 Å². The SMILES string of the molecule is CC1CC2CCC(C1)N2Cc1c(F)cccc1F. The number of nitrogens with zero attached hydrogens (tertiary/aromatic N) is 1. The lowest BCUT2D eigenvalue weighted by Gasteiger charge is -2.37. The van der Waals surface area contributed by atoms with Crippen molar-refractivity contribution in [1.29, 1.82) is 0 Å². The van der Waals surface area contributed by atoms with Crippen LogP contribution in [0.3, 0.4) is 0 Å². The molecule has 0 spiro atoms. The van der Waals surface area contributed by atoms with Crippen molar-refractivity contribution >= 4 is 0 Å². The van der Waals surface area contributed by atoms with Gasteiger partial charge >= 0.3 is 0 Å². The molecule has 18 heavy (non-hydrogen) atoms. The van der Waals surface area contributed by atoms with Crippen molar-refractivity contribution in [3.05, 3.63) is 35.4 Å². The molecule has 2 fully saturated rings. The summed E-state index contributed by atoms with van der Waals surface area (Å²) in [4.78, 5) is 2.32. The summed E-state index contributed by atoms with van der Waals surface area (Å²) in [5.41, 5.74) is 0.240. The Morgan fingerprint density at radius 2 is 1.67 bits per heavy atom. The predicted octanol–water partition coefficient (Wildman–Crippen LogP) is 3.73. The molecule has 0 radical (unpaired) electrons. The summed E-state index contributed by atoms with van der Waals surface area (Å²) in [6, 6.07) is 5.19. The van der Waals surface area contributed by atoms with Crippen molar-refractivity contribution < 1.29 is 8.78 Å². The average molecular weight is 251 g/mol. The highest BCUT2D eigenvalue weighted by molar-refractivity contribution is 5.20. The van der Waals surface area contributed by atoms with E-state index in [9.17, 15) is 8.78 Å². The first-order valence-electron chi connectivity index (χ1n) is 6.84. The molecule has 0 amide bonds. The summed E-state index contributed by atoms with van der Waals surface area (Å²) in [5, 5.41) is 0. The van der Waals surface area contributed by atoms with Gasteiger partial charge in [0.2, 0.25) is 0 Å². The number of hydrogen-bond acceptors (Lipinski definition) is 1. The Morgan fingerprint density at radius 3 is 2.22 bits per heavy atom. The van der Waals surface area contributed by atoms with Gasteiger partial charge in [-0.2, -0.15) is 0 Å². The van der Waals surface area contributed by atoms with Crippen molar-refractivity contribution in [1.82, 2.24) is 4.90 Å². The maximum absolute atomic E-state index is 13.7.